The fourth-order valence-electron chi connectivity index (χ4n) is 1.40. The van der Waals surface area contributed by atoms with Crippen molar-refractivity contribution in [1.82, 2.24) is 9.97 Å². The van der Waals surface area contributed by atoms with Crippen LogP contribution in [0.4, 0.5) is 0 Å². The summed E-state index contributed by atoms with van der Waals surface area (Å²) in [6, 6.07) is 8.82. The van der Waals surface area contributed by atoms with E-state index in [2.05, 4.69) is 9.97 Å². The van der Waals surface area contributed by atoms with E-state index in [0.29, 0.717) is 17.1 Å². The van der Waals surface area contributed by atoms with E-state index in [1.165, 1.54) is 12.3 Å². The highest BCUT2D eigenvalue weighted by Gasteiger charge is 2.00. The lowest BCUT2D eigenvalue weighted by Crippen LogP contribution is -1.94. The first-order valence-electron chi connectivity index (χ1n) is 5.43. The number of ketones is 1. The molecule has 4 heteroatoms. The number of nitrogens with zero attached hydrogens (tertiary/aromatic N) is 2. The van der Waals surface area contributed by atoms with Gasteiger partial charge in [-0.05, 0) is 30.4 Å². The maximum Gasteiger partial charge on any atom is 0.213 e. The van der Waals surface area contributed by atoms with Gasteiger partial charge < -0.3 is 4.74 Å². The molecule has 0 atom stereocenters. The number of rotatable bonds is 4. The standard InChI is InChI=1S/C14H12N2O2/c1-18-14-6-2-5-12(16-14)7-8-13(17)11-4-3-9-15-10-11/h2-10H,1H3/b8-7+. The van der Waals surface area contributed by atoms with E-state index in [9.17, 15) is 4.79 Å². The van der Waals surface area contributed by atoms with Gasteiger partial charge in [-0.15, -0.1) is 0 Å². The van der Waals surface area contributed by atoms with Crippen LogP contribution in [0.1, 0.15) is 16.1 Å². The number of pyridine rings is 2. The van der Waals surface area contributed by atoms with E-state index in [0.717, 1.165) is 0 Å². The highest BCUT2D eigenvalue weighted by Crippen LogP contribution is 2.08. The van der Waals surface area contributed by atoms with Gasteiger partial charge in [-0.25, -0.2) is 4.98 Å². The van der Waals surface area contributed by atoms with E-state index in [1.54, 1.807) is 43.6 Å². The summed E-state index contributed by atoms with van der Waals surface area (Å²) < 4.78 is 5.01. The zero-order valence-corrected chi connectivity index (χ0v) is 9.91. The monoisotopic (exact) mass is 240 g/mol. The fourth-order valence-corrected chi connectivity index (χ4v) is 1.40. The topological polar surface area (TPSA) is 52.1 Å². The predicted molar refractivity (Wildman–Crippen MR) is 68.4 cm³/mol. The fraction of sp³-hybridized carbons (Fsp3) is 0.0714. The molecule has 0 saturated carbocycles. The Morgan fingerprint density at radius 2 is 2.17 bits per heavy atom. The van der Waals surface area contributed by atoms with Crippen LogP contribution in [0.2, 0.25) is 0 Å². The lowest BCUT2D eigenvalue weighted by molar-refractivity contribution is 0.104. The predicted octanol–water partition coefficient (Wildman–Crippen LogP) is 2.38. The molecule has 0 aliphatic rings. The van der Waals surface area contributed by atoms with Crippen LogP contribution in [-0.2, 0) is 0 Å². The minimum atomic E-state index is -0.104. The van der Waals surface area contributed by atoms with Crippen LogP contribution >= 0.6 is 0 Å². The van der Waals surface area contributed by atoms with Gasteiger partial charge in [-0.3, -0.25) is 9.78 Å². The Morgan fingerprint density at radius 1 is 1.28 bits per heavy atom. The lowest BCUT2D eigenvalue weighted by Gasteiger charge is -1.98. The van der Waals surface area contributed by atoms with Gasteiger partial charge in [0.1, 0.15) is 0 Å². The first kappa shape index (κ1) is 12.0. The van der Waals surface area contributed by atoms with Gasteiger partial charge in [0.2, 0.25) is 5.88 Å². The smallest absolute Gasteiger partial charge is 0.213 e. The van der Waals surface area contributed by atoms with Crippen LogP contribution in [-0.4, -0.2) is 22.9 Å². The summed E-state index contributed by atoms with van der Waals surface area (Å²) in [5, 5.41) is 0. The molecule has 4 nitrogen and oxygen atoms in total. The highest BCUT2D eigenvalue weighted by atomic mass is 16.5. The quantitative estimate of drug-likeness (QED) is 0.608. The van der Waals surface area contributed by atoms with E-state index in [1.807, 2.05) is 6.07 Å². The number of carbonyl (C=O) groups is 1. The Bertz CT molecular complexity index is 565. The molecule has 0 spiro atoms. The number of ether oxygens (including phenoxy) is 1. The number of aromatic nitrogens is 2. The molecule has 0 amide bonds. The van der Waals surface area contributed by atoms with E-state index >= 15 is 0 Å². The lowest BCUT2D eigenvalue weighted by atomic mass is 10.1. The zero-order chi connectivity index (χ0) is 12.8. The van der Waals surface area contributed by atoms with Crippen molar-refractivity contribution >= 4 is 11.9 Å². The Morgan fingerprint density at radius 3 is 2.89 bits per heavy atom. The molecule has 0 fully saturated rings. The summed E-state index contributed by atoms with van der Waals surface area (Å²) in [7, 11) is 1.55. The average molecular weight is 240 g/mol. The molecule has 0 radical (unpaired) electrons. The van der Waals surface area contributed by atoms with Crippen LogP contribution in [0.25, 0.3) is 6.08 Å². The van der Waals surface area contributed by atoms with Crippen molar-refractivity contribution in [3.63, 3.8) is 0 Å². The zero-order valence-electron chi connectivity index (χ0n) is 9.91. The van der Waals surface area contributed by atoms with Crippen molar-refractivity contribution in [2.75, 3.05) is 7.11 Å². The molecule has 0 aliphatic heterocycles. The van der Waals surface area contributed by atoms with Gasteiger partial charge in [0.25, 0.3) is 0 Å². The van der Waals surface area contributed by atoms with Crippen LogP contribution in [0.5, 0.6) is 5.88 Å². The van der Waals surface area contributed by atoms with Gasteiger partial charge in [0.05, 0.1) is 12.8 Å². The third kappa shape index (κ3) is 3.01. The second kappa shape index (κ2) is 5.72. The van der Waals surface area contributed by atoms with Gasteiger partial charge in [-0.1, -0.05) is 6.07 Å². The van der Waals surface area contributed by atoms with Crippen molar-refractivity contribution in [3.8, 4) is 5.88 Å². The first-order chi connectivity index (χ1) is 8.79. The minimum absolute atomic E-state index is 0.104. The molecule has 90 valence electrons. The molecule has 0 aliphatic carbocycles. The van der Waals surface area contributed by atoms with E-state index in [4.69, 9.17) is 4.74 Å². The summed E-state index contributed by atoms with van der Waals surface area (Å²) in [4.78, 5) is 19.9. The number of hydrogen-bond donors (Lipinski definition) is 0. The molecule has 0 saturated heterocycles. The second-order valence-electron chi connectivity index (χ2n) is 3.54. The third-order valence-electron chi connectivity index (χ3n) is 2.31. The highest BCUT2D eigenvalue weighted by molar-refractivity contribution is 6.06. The summed E-state index contributed by atoms with van der Waals surface area (Å²) in [6.45, 7) is 0. The summed E-state index contributed by atoms with van der Waals surface area (Å²) in [5.74, 6) is 0.415. The van der Waals surface area contributed by atoms with Gasteiger partial charge >= 0.3 is 0 Å². The molecule has 2 aromatic heterocycles. The number of methoxy groups -OCH3 is 1. The molecule has 2 heterocycles. The molecular weight excluding hydrogens is 228 g/mol. The second-order valence-corrected chi connectivity index (χ2v) is 3.54. The summed E-state index contributed by atoms with van der Waals surface area (Å²) in [6.07, 6.45) is 6.28. The SMILES string of the molecule is COc1cccc(/C=C/C(=O)c2cccnc2)n1. The molecule has 0 aromatic carbocycles. The van der Waals surface area contributed by atoms with Crippen LogP contribution in [0.3, 0.4) is 0 Å². The summed E-state index contributed by atoms with van der Waals surface area (Å²) in [5.41, 5.74) is 1.23. The third-order valence-corrected chi connectivity index (χ3v) is 2.31. The van der Waals surface area contributed by atoms with Gasteiger partial charge in [-0.2, -0.15) is 0 Å². The summed E-state index contributed by atoms with van der Waals surface area (Å²) >= 11 is 0. The van der Waals surface area contributed by atoms with Crippen molar-refractivity contribution < 1.29 is 9.53 Å². The largest absolute Gasteiger partial charge is 0.481 e. The van der Waals surface area contributed by atoms with Gasteiger partial charge in [0, 0.05) is 24.0 Å². The number of hydrogen-bond acceptors (Lipinski definition) is 4. The normalized spacial score (nSPS) is 10.5. The maximum absolute atomic E-state index is 11.8. The van der Waals surface area contributed by atoms with Gasteiger partial charge in [0.15, 0.2) is 5.78 Å². The Hall–Kier alpha value is -2.49. The van der Waals surface area contributed by atoms with Crippen molar-refractivity contribution in [3.05, 3.63) is 60.1 Å². The molecule has 0 N–H and O–H groups in total. The number of carbonyl (C=O) groups excluding carboxylic acids is 1. The minimum Gasteiger partial charge on any atom is -0.481 e. The van der Waals surface area contributed by atoms with Crippen LogP contribution in [0.15, 0.2) is 48.8 Å². The van der Waals surface area contributed by atoms with Crippen molar-refractivity contribution in [2.45, 2.75) is 0 Å². The van der Waals surface area contributed by atoms with E-state index in [-0.39, 0.29) is 5.78 Å². The Balaban J connectivity index is 2.13. The van der Waals surface area contributed by atoms with Crippen molar-refractivity contribution in [2.24, 2.45) is 0 Å². The van der Waals surface area contributed by atoms with Crippen LogP contribution in [0, 0.1) is 0 Å². The molecule has 0 unspecified atom stereocenters. The average Bonchev–Trinajstić information content (AvgIpc) is 2.46. The van der Waals surface area contributed by atoms with Crippen LogP contribution < -0.4 is 4.74 Å². The molecule has 2 aromatic rings. The molecule has 18 heavy (non-hydrogen) atoms. The first-order valence-corrected chi connectivity index (χ1v) is 5.43. The maximum atomic E-state index is 11.8. The molecule has 0 bridgehead atoms. The molecular formula is C14H12N2O2. The Labute approximate surface area is 105 Å². The van der Waals surface area contributed by atoms with Crippen molar-refractivity contribution in [1.29, 1.82) is 0 Å². The van der Waals surface area contributed by atoms with E-state index < -0.39 is 0 Å². The Kier molecular flexibility index (Phi) is 3.81. The number of allylic oxidation sites excluding steroid dienone is 1. The molecule has 2 rings (SSSR count).